The Morgan fingerprint density at radius 1 is 0.870 bits per heavy atom. The Balaban J connectivity index is 1.75. The fourth-order valence-electron chi connectivity index (χ4n) is 2.55. The largest absolute Gasteiger partial charge is 0.382 e. The number of hydrogen-bond donors (Lipinski definition) is 1. The lowest BCUT2D eigenvalue weighted by Crippen LogP contribution is -2.00. The highest BCUT2D eigenvalue weighted by molar-refractivity contribution is 5.85. The van der Waals surface area contributed by atoms with E-state index in [1.165, 1.54) is 5.56 Å². The first-order valence-electron chi connectivity index (χ1n) is 7.39. The molecule has 0 spiro atoms. The van der Waals surface area contributed by atoms with Crippen molar-refractivity contribution in [1.29, 1.82) is 0 Å². The third kappa shape index (κ3) is 2.64. The minimum Gasteiger partial charge on any atom is -0.382 e. The molecule has 0 fully saturated rings. The number of anilines is 1. The monoisotopic (exact) mass is 301 g/mol. The SMILES string of the molecule is Nc1nc(-c2ccccc2)nc2cn(Cc3ccccc3)nc12. The molecule has 2 N–H and O–H groups in total. The molecule has 0 amide bonds. The van der Waals surface area contributed by atoms with E-state index in [0.717, 1.165) is 11.1 Å². The first-order valence-corrected chi connectivity index (χ1v) is 7.39. The molecule has 0 saturated heterocycles. The molecule has 2 heterocycles. The summed E-state index contributed by atoms with van der Waals surface area (Å²) in [6.45, 7) is 0.678. The summed E-state index contributed by atoms with van der Waals surface area (Å²) in [6.07, 6.45) is 1.91. The van der Waals surface area contributed by atoms with Crippen LogP contribution in [0.3, 0.4) is 0 Å². The second-order valence-electron chi connectivity index (χ2n) is 5.34. The zero-order valence-corrected chi connectivity index (χ0v) is 12.4. The van der Waals surface area contributed by atoms with Crippen molar-refractivity contribution in [2.75, 3.05) is 5.73 Å². The highest BCUT2D eigenvalue weighted by Gasteiger charge is 2.11. The number of nitrogens with zero attached hydrogens (tertiary/aromatic N) is 4. The molecule has 0 radical (unpaired) electrons. The van der Waals surface area contributed by atoms with Crippen molar-refractivity contribution in [3.05, 3.63) is 72.4 Å². The van der Waals surface area contributed by atoms with Gasteiger partial charge in [-0.3, -0.25) is 4.68 Å². The second kappa shape index (κ2) is 5.53. The summed E-state index contributed by atoms with van der Waals surface area (Å²) in [6, 6.07) is 20.0. The van der Waals surface area contributed by atoms with Gasteiger partial charge in [0.05, 0.1) is 12.7 Å². The summed E-state index contributed by atoms with van der Waals surface area (Å²) < 4.78 is 1.85. The van der Waals surface area contributed by atoms with Gasteiger partial charge in [0.2, 0.25) is 0 Å². The van der Waals surface area contributed by atoms with Gasteiger partial charge in [-0.15, -0.1) is 0 Å². The van der Waals surface area contributed by atoms with Gasteiger partial charge in [0.1, 0.15) is 5.52 Å². The van der Waals surface area contributed by atoms with Crippen LogP contribution in [0.4, 0.5) is 5.82 Å². The standard InChI is InChI=1S/C18H15N5/c19-17-16-15(20-18(21-17)14-9-5-2-6-10-14)12-23(22-16)11-13-7-3-1-4-8-13/h1-10,12H,11H2,(H2,19,20,21). The van der Waals surface area contributed by atoms with E-state index in [0.29, 0.717) is 23.7 Å². The van der Waals surface area contributed by atoms with Crippen molar-refractivity contribution in [3.8, 4) is 11.4 Å². The van der Waals surface area contributed by atoms with E-state index in [-0.39, 0.29) is 0 Å². The molecule has 4 aromatic rings. The summed E-state index contributed by atoms with van der Waals surface area (Å²) in [5.41, 5.74) is 9.59. The fourth-order valence-corrected chi connectivity index (χ4v) is 2.55. The van der Waals surface area contributed by atoms with Crippen LogP contribution in [0.1, 0.15) is 5.56 Å². The number of nitrogens with two attached hydrogens (primary N) is 1. The highest BCUT2D eigenvalue weighted by Crippen LogP contribution is 2.22. The van der Waals surface area contributed by atoms with E-state index in [2.05, 4.69) is 27.2 Å². The van der Waals surface area contributed by atoms with Crippen molar-refractivity contribution in [2.24, 2.45) is 0 Å². The van der Waals surface area contributed by atoms with Crippen molar-refractivity contribution >= 4 is 16.9 Å². The number of rotatable bonds is 3. The van der Waals surface area contributed by atoms with E-state index in [9.17, 15) is 0 Å². The average molecular weight is 301 g/mol. The third-order valence-electron chi connectivity index (χ3n) is 3.66. The maximum absolute atomic E-state index is 6.07. The zero-order valence-electron chi connectivity index (χ0n) is 12.4. The highest BCUT2D eigenvalue weighted by atomic mass is 15.3. The topological polar surface area (TPSA) is 69.6 Å². The first kappa shape index (κ1) is 13.5. The van der Waals surface area contributed by atoms with Crippen LogP contribution in [0.5, 0.6) is 0 Å². The van der Waals surface area contributed by atoms with E-state index in [1.54, 1.807) is 0 Å². The molecule has 0 atom stereocenters. The molecule has 0 aliphatic rings. The zero-order chi connectivity index (χ0) is 15.6. The number of fused-ring (bicyclic) bond motifs is 1. The molecule has 5 nitrogen and oxygen atoms in total. The normalized spacial score (nSPS) is 11.0. The molecule has 112 valence electrons. The molecule has 2 aromatic carbocycles. The van der Waals surface area contributed by atoms with Gasteiger partial charge in [0.15, 0.2) is 17.2 Å². The Morgan fingerprint density at radius 3 is 2.30 bits per heavy atom. The Bertz CT molecular complexity index is 945. The Labute approximate surface area is 133 Å². The quantitative estimate of drug-likeness (QED) is 0.631. The number of benzene rings is 2. The maximum atomic E-state index is 6.07. The van der Waals surface area contributed by atoms with E-state index >= 15 is 0 Å². The van der Waals surface area contributed by atoms with E-state index in [4.69, 9.17) is 5.73 Å². The average Bonchev–Trinajstić information content (AvgIpc) is 2.99. The van der Waals surface area contributed by atoms with Crippen LogP contribution in [0, 0.1) is 0 Å². The third-order valence-corrected chi connectivity index (χ3v) is 3.66. The summed E-state index contributed by atoms with van der Waals surface area (Å²) in [7, 11) is 0. The van der Waals surface area contributed by atoms with Crippen LogP contribution < -0.4 is 5.73 Å². The fraction of sp³-hybridized carbons (Fsp3) is 0.0556. The van der Waals surface area contributed by atoms with Crippen LogP contribution in [0.25, 0.3) is 22.4 Å². The number of hydrogen-bond acceptors (Lipinski definition) is 4. The predicted octanol–water partition coefficient (Wildman–Crippen LogP) is 3.12. The van der Waals surface area contributed by atoms with Crippen molar-refractivity contribution < 1.29 is 0 Å². The lowest BCUT2D eigenvalue weighted by molar-refractivity contribution is 0.695. The smallest absolute Gasteiger partial charge is 0.162 e. The van der Waals surface area contributed by atoms with Gasteiger partial charge < -0.3 is 5.73 Å². The first-order chi connectivity index (χ1) is 11.3. The lowest BCUT2D eigenvalue weighted by atomic mass is 10.2. The molecule has 0 aliphatic heterocycles. The summed E-state index contributed by atoms with van der Waals surface area (Å²) in [5.74, 6) is 1.02. The van der Waals surface area contributed by atoms with Gasteiger partial charge in [-0.1, -0.05) is 60.7 Å². The summed E-state index contributed by atoms with van der Waals surface area (Å²) in [4.78, 5) is 8.98. The van der Waals surface area contributed by atoms with Crippen molar-refractivity contribution in [3.63, 3.8) is 0 Å². The van der Waals surface area contributed by atoms with Gasteiger partial charge in [-0.05, 0) is 5.56 Å². The second-order valence-corrected chi connectivity index (χ2v) is 5.34. The Kier molecular flexibility index (Phi) is 3.24. The van der Waals surface area contributed by atoms with E-state index < -0.39 is 0 Å². The summed E-state index contributed by atoms with van der Waals surface area (Å²) >= 11 is 0. The molecular weight excluding hydrogens is 286 g/mol. The van der Waals surface area contributed by atoms with Crippen LogP contribution in [-0.4, -0.2) is 19.7 Å². The van der Waals surface area contributed by atoms with Gasteiger partial charge >= 0.3 is 0 Å². The van der Waals surface area contributed by atoms with Crippen LogP contribution in [0.2, 0.25) is 0 Å². The van der Waals surface area contributed by atoms with Crippen LogP contribution >= 0.6 is 0 Å². The number of aromatic nitrogens is 4. The summed E-state index contributed by atoms with van der Waals surface area (Å²) in [5, 5.41) is 4.51. The Hall–Kier alpha value is -3.21. The van der Waals surface area contributed by atoms with Crippen LogP contribution in [0.15, 0.2) is 66.9 Å². The van der Waals surface area contributed by atoms with Gasteiger partial charge in [-0.2, -0.15) is 5.10 Å². The molecule has 4 rings (SSSR count). The van der Waals surface area contributed by atoms with Crippen molar-refractivity contribution in [2.45, 2.75) is 6.54 Å². The molecule has 5 heteroatoms. The van der Waals surface area contributed by atoms with Crippen molar-refractivity contribution in [1.82, 2.24) is 19.7 Å². The molecule has 0 saturated carbocycles. The minimum absolute atomic E-state index is 0.403. The maximum Gasteiger partial charge on any atom is 0.162 e. The predicted molar refractivity (Wildman–Crippen MR) is 90.7 cm³/mol. The molecular formula is C18H15N5. The Morgan fingerprint density at radius 2 is 1.57 bits per heavy atom. The van der Waals surface area contributed by atoms with E-state index in [1.807, 2.05) is 59.4 Å². The number of nitrogen functional groups attached to an aromatic ring is 1. The molecule has 2 aromatic heterocycles. The van der Waals surface area contributed by atoms with Gasteiger partial charge in [-0.25, -0.2) is 9.97 Å². The van der Waals surface area contributed by atoms with Gasteiger partial charge in [0, 0.05) is 5.56 Å². The lowest BCUT2D eigenvalue weighted by Gasteiger charge is -2.01. The molecule has 0 aliphatic carbocycles. The molecule has 0 unspecified atom stereocenters. The molecule has 23 heavy (non-hydrogen) atoms. The van der Waals surface area contributed by atoms with Crippen LogP contribution in [-0.2, 0) is 6.54 Å². The van der Waals surface area contributed by atoms with Gasteiger partial charge in [0.25, 0.3) is 0 Å². The molecule has 0 bridgehead atoms. The minimum atomic E-state index is 0.403.